The zero-order valence-electron chi connectivity index (χ0n) is 31.7. The van der Waals surface area contributed by atoms with Gasteiger partial charge in [0.25, 0.3) is 11.8 Å². The van der Waals surface area contributed by atoms with Crippen molar-refractivity contribution in [3.63, 3.8) is 0 Å². The molecule has 1 fully saturated rings. The number of aldehydes is 2. The molecule has 0 bridgehead atoms. The van der Waals surface area contributed by atoms with Crippen molar-refractivity contribution in [1.29, 1.82) is 5.41 Å². The standard InChI is InChI=1S/C40H48N10O6/c1-42-31-10-7-26(17-28(31)19-41)39(55)46-29-8-11-32-34(18-29)48-35(47-32)22-50-16-14-25(21-50)13-15-44-37(54)20-45-33-6-4-5-27(23-51)38(33)40(56)49(3)30(24-52)9-12-36(53)43-2/h4-8,10-11,17-19,23-25,30,41-42,45H,9,12-16,20-22H2,1-3H3,(H,43,53)(H,44,54)(H,46,55)(H,47,48). The van der Waals surface area contributed by atoms with Gasteiger partial charge in [0.1, 0.15) is 12.1 Å². The molecule has 2 heterocycles. The molecule has 7 N–H and O–H groups in total. The van der Waals surface area contributed by atoms with Crippen molar-refractivity contribution in [2.24, 2.45) is 5.92 Å². The van der Waals surface area contributed by atoms with E-state index in [1.807, 2.05) is 18.2 Å². The van der Waals surface area contributed by atoms with Crippen LogP contribution in [0.25, 0.3) is 11.0 Å². The van der Waals surface area contributed by atoms with E-state index in [0.29, 0.717) is 48.4 Å². The van der Waals surface area contributed by atoms with Crippen LogP contribution in [-0.2, 0) is 20.9 Å². The van der Waals surface area contributed by atoms with Gasteiger partial charge in [0.2, 0.25) is 11.8 Å². The van der Waals surface area contributed by atoms with Gasteiger partial charge in [0, 0.05) is 80.6 Å². The number of anilines is 3. The number of carbonyl (C=O) groups is 6. The first kappa shape index (κ1) is 40.8. The smallest absolute Gasteiger partial charge is 0.257 e. The molecule has 0 saturated carbocycles. The molecule has 0 aliphatic carbocycles. The summed E-state index contributed by atoms with van der Waals surface area (Å²) in [6, 6.07) is 14.5. The average Bonchev–Trinajstić information content (AvgIpc) is 3.84. The van der Waals surface area contributed by atoms with E-state index in [-0.39, 0.29) is 53.9 Å². The number of H-pyrrole nitrogens is 1. The molecule has 5 rings (SSSR count). The number of benzene rings is 3. The van der Waals surface area contributed by atoms with Crippen molar-refractivity contribution < 1.29 is 28.8 Å². The fourth-order valence-electron chi connectivity index (χ4n) is 6.77. The Morgan fingerprint density at radius 1 is 1.04 bits per heavy atom. The third-order valence-electron chi connectivity index (χ3n) is 9.94. The molecule has 16 heteroatoms. The number of hydrogen-bond donors (Lipinski definition) is 7. The molecular formula is C40H48N10O6. The van der Waals surface area contributed by atoms with Crippen LogP contribution in [0.1, 0.15) is 68.1 Å². The number of amides is 4. The van der Waals surface area contributed by atoms with E-state index in [2.05, 4.69) is 36.5 Å². The van der Waals surface area contributed by atoms with Crippen LogP contribution in [0.2, 0.25) is 0 Å². The van der Waals surface area contributed by atoms with Gasteiger partial charge in [-0.2, -0.15) is 0 Å². The van der Waals surface area contributed by atoms with Gasteiger partial charge in [-0.3, -0.25) is 28.9 Å². The largest absolute Gasteiger partial charge is 0.388 e. The molecule has 4 aromatic rings. The Labute approximate surface area is 324 Å². The minimum Gasteiger partial charge on any atom is -0.388 e. The summed E-state index contributed by atoms with van der Waals surface area (Å²) in [5, 5.41) is 21.9. The predicted molar refractivity (Wildman–Crippen MR) is 214 cm³/mol. The quantitative estimate of drug-likeness (QED) is 0.0546. The lowest BCUT2D eigenvalue weighted by Crippen LogP contribution is -2.40. The number of likely N-dealkylation sites (N-methyl/N-ethyl adjacent to an activating group) is 1. The van der Waals surface area contributed by atoms with Crippen LogP contribution in [0.15, 0.2) is 54.6 Å². The minimum atomic E-state index is -0.882. The topological polar surface area (TPSA) is 222 Å². The van der Waals surface area contributed by atoms with Crippen molar-refractivity contribution in [3.8, 4) is 0 Å². The maximum atomic E-state index is 13.5. The molecule has 2 unspecified atom stereocenters. The first-order valence-corrected chi connectivity index (χ1v) is 18.4. The summed E-state index contributed by atoms with van der Waals surface area (Å²) in [6.45, 7) is 2.70. The molecule has 3 aromatic carbocycles. The minimum absolute atomic E-state index is 0.0396. The number of aromatic amines is 1. The summed E-state index contributed by atoms with van der Waals surface area (Å²) in [7, 11) is 4.69. The van der Waals surface area contributed by atoms with Gasteiger partial charge in [-0.1, -0.05) is 12.1 Å². The highest BCUT2D eigenvalue weighted by Gasteiger charge is 2.27. The molecule has 4 amide bonds. The van der Waals surface area contributed by atoms with Gasteiger partial charge in [0.15, 0.2) is 6.29 Å². The number of likely N-dealkylation sites (tertiary alicyclic amines) is 1. The molecule has 1 aliphatic heterocycles. The van der Waals surface area contributed by atoms with E-state index >= 15 is 0 Å². The van der Waals surface area contributed by atoms with Crippen LogP contribution in [0, 0.1) is 11.3 Å². The second-order valence-electron chi connectivity index (χ2n) is 13.7. The first-order chi connectivity index (χ1) is 27.1. The molecule has 0 radical (unpaired) electrons. The van der Waals surface area contributed by atoms with Crippen LogP contribution in [0.5, 0.6) is 0 Å². The van der Waals surface area contributed by atoms with E-state index in [9.17, 15) is 28.8 Å². The number of imidazole rings is 1. The zero-order chi connectivity index (χ0) is 40.2. The number of aromatic nitrogens is 2. The highest BCUT2D eigenvalue weighted by Crippen LogP contribution is 2.25. The number of carbonyl (C=O) groups excluding carboxylic acids is 6. The summed E-state index contributed by atoms with van der Waals surface area (Å²) in [4.78, 5) is 86.2. The summed E-state index contributed by atoms with van der Waals surface area (Å²) in [6.07, 6.45) is 4.27. The van der Waals surface area contributed by atoms with E-state index in [1.165, 1.54) is 31.3 Å². The SMILES string of the molecule is CNC(=O)CCC(C=O)N(C)C(=O)c1c(C=O)cccc1NCC(=O)NCCC1CCN(Cc2nc3ccc(NC(=O)c4ccc(NC)c(C=N)c4)cc3[nH]2)C1. The molecule has 16 nitrogen and oxygen atoms in total. The van der Waals surface area contributed by atoms with E-state index in [4.69, 9.17) is 10.4 Å². The molecule has 2 atom stereocenters. The fourth-order valence-corrected chi connectivity index (χ4v) is 6.77. The van der Waals surface area contributed by atoms with Crippen LogP contribution in [-0.4, -0.2) is 116 Å². The highest BCUT2D eigenvalue weighted by molar-refractivity contribution is 6.07. The Balaban J connectivity index is 1.08. The lowest BCUT2D eigenvalue weighted by Gasteiger charge is -2.25. The zero-order valence-corrected chi connectivity index (χ0v) is 31.7. The van der Waals surface area contributed by atoms with Gasteiger partial charge < -0.3 is 46.7 Å². The van der Waals surface area contributed by atoms with Crippen molar-refractivity contribution in [3.05, 3.63) is 82.7 Å². The van der Waals surface area contributed by atoms with Crippen molar-refractivity contribution in [2.75, 3.05) is 63.3 Å². The molecule has 1 saturated heterocycles. The predicted octanol–water partition coefficient (Wildman–Crippen LogP) is 3.27. The molecule has 1 aliphatic rings. The van der Waals surface area contributed by atoms with Crippen molar-refractivity contribution in [1.82, 2.24) is 30.4 Å². The lowest BCUT2D eigenvalue weighted by atomic mass is 10.0. The highest BCUT2D eigenvalue weighted by atomic mass is 16.2. The van der Waals surface area contributed by atoms with E-state index in [1.54, 1.807) is 37.4 Å². The lowest BCUT2D eigenvalue weighted by molar-refractivity contribution is -0.121. The second kappa shape index (κ2) is 19.3. The number of hydrogen-bond acceptors (Lipinski definition) is 11. The van der Waals surface area contributed by atoms with Gasteiger partial charge >= 0.3 is 0 Å². The number of nitrogens with zero attached hydrogens (tertiary/aromatic N) is 3. The van der Waals surface area contributed by atoms with Crippen LogP contribution < -0.4 is 26.6 Å². The van der Waals surface area contributed by atoms with Gasteiger partial charge in [-0.05, 0) is 74.2 Å². The van der Waals surface area contributed by atoms with Crippen LogP contribution in [0.3, 0.4) is 0 Å². The van der Waals surface area contributed by atoms with Gasteiger partial charge in [-0.25, -0.2) is 4.98 Å². The Bertz CT molecular complexity index is 2100. The number of fused-ring (bicyclic) bond motifs is 1. The summed E-state index contributed by atoms with van der Waals surface area (Å²) in [5.41, 5.74) is 4.48. The molecular weight excluding hydrogens is 717 g/mol. The molecule has 1 aromatic heterocycles. The normalized spacial score (nSPS) is 14.4. The fraction of sp³-hybridized carbons (Fsp3) is 0.350. The first-order valence-electron chi connectivity index (χ1n) is 18.4. The summed E-state index contributed by atoms with van der Waals surface area (Å²) in [5.74, 6) is -0.210. The Hall–Kier alpha value is -6.42. The van der Waals surface area contributed by atoms with Crippen LogP contribution >= 0.6 is 0 Å². The number of nitrogens with one attached hydrogen (secondary N) is 7. The maximum absolute atomic E-state index is 13.5. The Kier molecular flexibility index (Phi) is 14.0. The van der Waals surface area contributed by atoms with E-state index in [0.717, 1.165) is 48.5 Å². The van der Waals surface area contributed by atoms with E-state index < -0.39 is 11.9 Å². The third-order valence-corrected chi connectivity index (χ3v) is 9.94. The van der Waals surface area contributed by atoms with Gasteiger partial charge in [0.05, 0.1) is 35.7 Å². The Morgan fingerprint density at radius 2 is 1.86 bits per heavy atom. The second-order valence-corrected chi connectivity index (χ2v) is 13.7. The summed E-state index contributed by atoms with van der Waals surface area (Å²) >= 11 is 0. The van der Waals surface area contributed by atoms with Gasteiger partial charge in [-0.15, -0.1) is 0 Å². The monoisotopic (exact) mass is 764 g/mol. The Morgan fingerprint density at radius 3 is 2.59 bits per heavy atom. The molecule has 294 valence electrons. The van der Waals surface area contributed by atoms with Crippen molar-refractivity contribution >= 4 is 70.5 Å². The van der Waals surface area contributed by atoms with Crippen molar-refractivity contribution in [2.45, 2.75) is 38.3 Å². The molecule has 56 heavy (non-hydrogen) atoms. The molecule has 0 spiro atoms. The average molecular weight is 765 g/mol. The number of rotatable bonds is 19. The van der Waals surface area contributed by atoms with Crippen LogP contribution in [0.4, 0.5) is 17.1 Å². The maximum Gasteiger partial charge on any atom is 0.257 e. The summed E-state index contributed by atoms with van der Waals surface area (Å²) < 4.78 is 0. The third kappa shape index (κ3) is 10.2.